The van der Waals surface area contributed by atoms with Gasteiger partial charge in [-0.15, -0.1) is 0 Å². The van der Waals surface area contributed by atoms with Crippen LogP contribution in [-0.2, 0) is 21.0 Å². The standard InChI is InChI=1S/C15H18N2O4S/c1-9(2)11-5-3-10(4-6-11)8-21-17-15-16-14(20)12(22-15)7-13(18)19/h3-6,9,12H,7-8H2,1-2H3,(H,18,19)(H,16,17,20). The van der Waals surface area contributed by atoms with Crippen molar-refractivity contribution in [2.24, 2.45) is 5.16 Å². The third-order valence-electron chi connectivity index (χ3n) is 3.16. The van der Waals surface area contributed by atoms with Crippen LogP contribution in [0.4, 0.5) is 0 Å². The molecule has 1 unspecified atom stereocenters. The van der Waals surface area contributed by atoms with E-state index in [-0.39, 0.29) is 12.3 Å². The minimum Gasteiger partial charge on any atom is -0.481 e. The van der Waals surface area contributed by atoms with Gasteiger partial charge in [0.15, 0.2) is 0 Å². The van der Waals surface area contributed by atoms with Crippen molar-refractivity contribution in [3.05, 3.63) is 35.4 Å². The van der Waals surface area contributed by atoms with Crippen LogP contribution >= 0.6 is 11.8 Å². The Kier molecular flexibility index (Phi) is 5.43. The van der Waals surface area contributed by atoms with Gasteiger partial charge in [0.25, 0.3) is 0 Å². The van der Waals surface area contributed by atoms with Gasteiger partial charge < -0.3 is 15.3 Å². The van der Waals surface area contributed by atoms with Crippen LogP contribution in [-0.4, -0.2) is 27.4 Å². The minimum absolute atomic E-state index is 0.230. The molecule has 1 aromatic rings. The third kappa shape index (κ3) is 4.49. The second kappa shape index (κ2) is 7.31. The summed E-state index contributed by atoms with van der Waals surface area (Å²) < 4.78 is 0. The molecule has 6 nitrogen and oxygen atoms in total. The predicted octanol–water partition coefficient (Wildman–Crippen LogP) is 2.30. The number of hydrogen-bond donors (Lipinski definition) is 2. The van der Waals surface area contributed by atoms with Crippen LogP contribution in [0.5, 0.6) is 0 Å². The number of aliphatic carboxylic acids is 1. The van der Waals surface area contributed by atoms with Gasteiger partial charge in [-0.2, -0.15) is 0 Å². The Bertz CT molecular complexity index is 584. The zero-order valence-electron chi connectivity index (χ0n) is 12.4. The molecule has 1 fully saturated rings. The smallest absolute Gasteiger partial charge is 0.305 e. The minimum atomic E-state index is -1.01. The second-order valence-corrected chi connectivity index (χ2v) is 6.45. The molecule has 1 aliphatic rings. The van der Waals surface area contributed by atoms with Gasteiger partial charge in [-0.3, -0.25) is 9.59 Å². The van der Waals surface area contributed by atoms with E-state index in [1.54, 1.807) is 0 Å². The van der Waals surface area contributed by atoms with Crippen molar-refractivity contribution in [1.82, 2.24) is 5.32 Å². The largest absolute Gasteiger partial charge is 0.481 e. The summed E-state index contributed by atoms with van der Waals surface area (Å²) in [6.07, 6.45) is -0.230. The van der Waals surface area contributed by atoms with Gasteiger partial charge in [0.05, 0.1) is 6.42 Å². The number of nitrogens with zero attached hydrogens (tertiary/aromatic N) is 1. The molecule has 7 heteroatoms. The molecule has 0 saturated carbocycles. The Morgan fingerprint density at radius 2 is 2.09 bits per heavy atom. The average molecular weight is 322 g/mol. The van der Waals surface area contributed by atoms with E-state index >= 15 is 0 Å². The molecule has 1 amide bonds. The normalized spacial score (nSPS) is 19.5. The van der Waals surface area contributed by atoms with E-state index in [1.165, 1.54) is 5.56 Å². The molecule has 0 spiro atoms. The number of carbonyl (C=O) groups excluding carboxylic acids is 1. The van der Waals surface area contributed by atoms with Crippen LogP contribution < -0.4 is 5.32 Å². The molecule has 1 atom stereocenters. The molecule has 2 rings (SSSR count). The zero-order chi connectivity index (χ0) is 16.1. The number of oxime groups is 1. The van der Waals surface area contributed by atoms with Gasteiger partial charge in [0, 0.05) is 0 Å². The quantitative estimate of drug-likeness (QED) is 0.785. The van der Waals surface area contributed by atoms with E-state index in [4.69, 9.17) is 9.94 Å². The van der Waals surface area contributed by atoms with Crippen molar-refractivity contribution in [3.63, 3.8) is 0 Å². The number of hydrogen-bond acceptors (Lipinski definition) is 5. The number of benzene rings is 1. The fourth-order valence-corrected chi connectivity index (χ4v) is 2.82. The molecule has 0 aromatic heterocycles. The van der Waals surface area contributed by atoms with Crippen molar-refractivity contribution < 1.29 is 19.5 Å². The lowest BCUT2D eigenvalue weighted by atomic mass is 10.0. The number of rotatable bonds is 6. The molecule has 1 heterocycles. The first-order chi connectivity index (χ1) is 10.5. The summed E-state index contributed by atoms with van der Waals surface area (Å²) in [7, 11) is 0. The van der Waals surface area contributed by atoms with E-state index in [2.05, 4.69) is 24.3 Å². The van der Waals surface area contributed by atoms with E-state index in [0.717, 1.165) is 17.3 Å². The maximum Gasteiger partial charge on any atom is 0.305 e. The molecule has 0 bridgehead atoms. The molecule has 0 aliphatic carbocycles. The Hall–Kier alpha value is -2.02. The lowest BCUT2D eigenvalue weighted by Gasteiger charge is -2.06. The molecule has 118 valence electrons. The molecule has 2 N–H and O–H groups in total. The van der Waals surface area contributed by atoms with Gasteiger partial charge in [-0.25, -0.2) is 0 Å². The summed E-state index contributed by atoms with van der Waals surface area (Å²) in [5.41, 5.74) is 2.23. The predicted molar refractivity (Wildman–Crippen MR) is 84.5 cm³/mol. The third-order valence-corrected chi connectivity index (χ3v) is 4.23. The monoisotopic (exact) mass is 322 g/mol. The summed E-state index contributed by atoms with van der Waals surface area (Å²) in [5.74, 6) is -0.887. The van der Waals surface area contributed by atoms with Crippen molar-refractivity contribution >= 4 is 28.8 Å². The highest BCUT2D eigenvalue weighted by molar-refractivity contribution is 8.15. The lowest BCUT2D eigenvalue weighted by molar-refractivity contribution is -0.138. The Morgan fingerprint density at radius 3 is 2.68 bits per heavy atom. The van der Waals surface area contributed by atoms with Crippen molar-refractivity contribution in [3.8, 4) is 0 Å². The molecule has 1 aromatic carbocycles. The Morgan fingerprint density at radius 1 is 1.41 bits per heavy atom. The lowest BCUT2D eigenvalue weighted by Crippen LogP contribution is -2.26. The number of amides is 1. The van der Waals surface area contributed by atoms with Crippen molar-refractivity contribution in [1.29, 1.82) is 0 Å². The molecule has 0 radical (unpaired) electrons. The van der Waals surface area contributed by atoms with Gasteiger partial charge in [0.1, 0.15) is 11.9 Å². The number of carbonyl (C=O) groups is 2. The highest BCUT2D eigenvalue weighted by Gasteiger charge is 2.32. The Labute approximate surface area is 132 Å². The van der Waals surface area contributed by atoms with E-state index in [1.807, 2.05) is 24.3 Å². The summed E-state index contributed by atoms with van der Waals surface area (Å²) in [5, 5.41) is 14.7. The first-order valence-corrected chi connectivity index (χ1v) is 7.81. The van der Waals surface area contributed by atoms with Crippen molar-refractivity contribution in [2.45, 2.75) is 38.0 Å². The van der Waals surface area contributed by atoms with Gasteiger partial charge in [-0.05, 0) is 17.0 Å². The number of carboxylic acids is 1. The second-order valence-electron chi connectivity index (χ2n) is 5.26. The van der Waals surface area contributed by atoms with Crippen LogP contribution in [0.15, 0.2) is 29.4 Å². The maximum atomic E-state index is 11.5. The first kappa shape index (κ1) is 16.4. The van der Waals surface area contributed by atoms with Gasteiger partial charge in [0.2, 0.25) is 11.1 Å². The topological polar surface area (TPSA) is 88.0 Å². The number of carboxylic acid groups (broad SMARTS) is 1. The summed E-state index contributed by atoms with van der Waals surface area (Å²) in [6, 6.07) is 8.04. The average Bonchev–Trinajstić information content (AvgIpc) is 2.79. The van der Waals surface area contributed by atoms with Gasteiger partial charge >= 0.3 is 5.97 Å². The van der Waals surface area contributed by atoms with Crippen LogP contribution in [0.25, 0.3) is 0 Å². The Balaban J connectivity index is 1.85. The van der Waals surface area contributed by atoms with Crippen LogP contribution in [0.1, 0.15) is 37.3 Å². The highest BCUT2D eigenvalue weighted by atomic mass is 32.2. The van der Waals surface area contributed by atoms with Crippen LogP contribution in [0, 0.1) is 0 Å². The highest BCUT2D eigenvalue weighted by Crippen LogP contribution is 2.22. The van der Waals surface area contributed by atoms with E-state index in [9.17, 15) is 9.59 Å². The van der Waals surface area contributed by atoms with Crippen molar-refractivity contribution in [2.75, 3.05) is 0 Å². The first-order valence-electron chi connectivity index (χ1n) is 6.94. The fraction of sp³-hybridized carbons (Fsp3) is 0.400. The molecular weight excluding hydrogens is 304 g/mol. The SMILES string of the molecule is CC(C)c1ccc(CO/N=C2\NC(=O)C(CC(=O)O)S2)cc1. The van der Waals surface area contributed by atoms with Gasteiger partial charge in [-0.1, -0.05) is 55.0 Å². The fourth-order valence-electron chi connectivity index (χ4n) is 1.91. The zero-order valence-corrected chi connectivity index (χ0v) is 13.2. The molecule has 22 heavy (non-hydrogen) atoms. The van der Waals surface area contributed by atoms with Crippen LogP contribution in [0.2, 0.25) is 0 Å². The summed E-state index contributed by atoms with van der Waals surface area (Å²) in [4.78, 5) is 27.4. The maximum absolute atomic E-state index is 11.5. The van der Waals surface area contributed by atoms with E-state index < -0.39 is 11.2 Å². The molecule has 1 saturated heterocycles. The summed E-state index contributed by atoms with van der Waals surface area (Å²) in [6.45, 7) is 4.55. The summed E-state index contributed by atoms with van der Waals surface area (Å²) >= 11 is 1.07. The van der Waals surface area contributed by atoms with E-state index in [0.29, 0.717) is 17.7 Å². The molecule has 1 aliphatic heterocycles. The number of nitrogens with one attached hydrogen (secondary N) is 1. The molecular formula is C15H18N2O4S. The number of thioether (sulfide) groups is 1. The van der Waals surface area contributed by atoms with Crippen LogP contribution in [0.3, 0.4) is 0 Å². The number of amidine groups is 1.